The molecule has 2 aromatic carbocycles. The Morgan fingerprint density at radius 2 is 1.65 bits per heavy atom. The van der Waals surface area contributed by atoms with Crippen LogP contribution in [0, 0.1) is 18.6 Å². The van der Waals surface area contributed by atoms with E-state index in [1.54, 1.807) is 12.1 Å². The normalized spacial score (nSPS) is 10.6. The van der Waals surface area contributed by atoms with Crippen molar-refractivity contribution in [3.8, 4) is 5.75 Å². The van der Waals surface area contributed by atoms with Crippen LogP contribution in [0.4, 0.5) is 8.78 Å². The summed E-state index contributed by atoms with van der Waals surface area (Å²) in [5.74, 6) is -2.24. The maximum atomic E-state index is 13.5. The van der Waals surface area contributed by atoms with Gasteiger partial charge >= 0.3 is 5.97 Å². The predicted molar refractivity (Wildman–Crippen MR) is 85.7 cm³/mol. The summed E-state index contributed by atoms with van der Waals surface area (Å²) in [5, 5.41) is 0. The monoisotopic (exact) mass is 318 g/mol. The van der Waals surface area contributed by atoms with Crippen LogP contribution in [0.15, 0.2) is 36.4 Å². The van der Waals surface area contributed by atoms with Gasteiger partial charge in [-0.2, -0.15) is 0 Å². The Morgan fingerprint density at radius 1 is 1.04 bits per heavy atom. The summed E-state index contributed by atoms with van der Waals surface area (Å²) in [4.78, 5) is 12.0. The van der Waals surface area contributed by atoms with E-state index in [0.717, 1.165) is 37.0 Å². The number of unbranched alkanes of at least 4 members (excludes halogenated alkanes) is 2. The highest BCUT2D eigenvalue weighted by Crippen LogP contribution is 2.21. The number of halogens is 2. The van der Waals surface area contributed by atoms with Crippen LogP contribution < -0.4 is 4.74 Å². The van der Waals surface area contributed by atoms with Crippen LogP contribution in [-0.2, 0) is 6.42 Å². The third kappa shape index (κ3) is 4.62. The average Bonchev–Trinajstić information content (AvgIpc) is 2.53. The summed E-state index contributed by atoms with van der Waals surface area (Å²) in [6, 6.07) is 9.12. The van der Waals surface area contributed by atoms with Crippen LogP contribution in [-0.4, -0.2) is 5.97 Å². The molecule has 2 nitrogen and oxygen atoms in total. The van der Waals surface area contributed by atoms with E-state index in [2.05, 4.69) is 6.92 Å². The van der Waals surface area contributed by atoms with E-state index in [4.69, 9.17) is 4.74 Å². The predicted octanol–water partition coefficient (Wildman–Crippen LogP) is 5.23. The molecule has 0 spiro atoms. The Bertz CT molecular complexity index is 655. The van der Waals surface area contributed by atoms with Gasteiger partial charge in [-0.1, -0.05) is 31.9 Å². The zero-order valence-electron chi connectivity index (χ0n) is 13.4. The molecule has 0 atom stereocenters. The lowest BCUT2D eigenvalue weighted by atomic mass is 10.1. The third-order valence-corrected chi connectivity index (χ3v) is 3.72. The van der Waals surface area contributed by atoms with Gasteiger partial charge in [0.05, 0.1) is 5.56 Å². The lowest BCUT2D eigenvalue weighted by molar-refractivity contribution is 0.0734. The second kappa shape index (κ2) is 7.86. The fourth-order valence-corrected chi connectivity index (χ4v) is 2.23. The molecule has 2 aromatic rings. The van der Waals surface area contributed by atoms with Gasteiger partial charge in [0.2, 0.25) is 0 Å². The molecule has 0 aromatic heterocycles. The number of rotatable bonds is 6. The molecule has 0 aliphatic carbocycles. The molecule has 0 radical (unpaired) electrons. The van der Waals surface area contributed by atoms with Crippen molar-refractivity contribution in [2.45, 2.75) is 39.5 Å². The number of aryl methyl sites for hydroxylation is 1. The summed E-state index contributed by atoms with van der Waals surface area (Å²) in [5.41, 5.74) is 1.41. The maximum absolute atomic E-state index is 13.5. The molecule has 0 N–H and O–H groups in total. The summed E-state index contributed by atoms with van der Waals surface area (Å²) in [6.45, 7) is 3.48. The van der Waals surface area contributed by atoms with Crippen LogP contribution in [0.2, 0.25) is 0 Å². The lowest BCUT2D eigenvalue weighted by Crippen LogP contribution is -2.09. The third-order valence-electron chi connectivity index (χ3n) is 3.72. The highest BCUT2D eigenvalue weighted by atomic mass is 19.1. The van der Waals surface area contributed by atoms with E-state index in [1.165, 1.54) is 13.3 Å². The van der Waals surface area contributed by atoms with Crippen molar-refractivity contribution in [3.63, 3.8) is 0 Å². The zero-order valence-corrected chi connectivity index (χ0v) is 13.4. The number of ether oxygens (including phenoxy) is 1. The minimum absolute atomic E-state index is 0.0961. The molecule has 23 heavy (non-hydrogen) atoms. The minimum atomic E-state index is -0.737. The summed E-state index contributed by atoms with van der Waals surface area (Å²) >= 11 is 0. The van der Waals surface area contributed by atoms with E-state index in [9.17, 15) is 13.6 Å². The number of carbonyl (C=O) groups excluding carboxylic acids is 1. The fourth-order valence-electron chi connectivity index (χ4n) is 2.23. The van der Waals surface area contributed by atoms with E-state index >= 15 is 0 Å². The molecular formula is C19H20F2O2. The van der Waals surface area contributed by atoms with Gasteiger partial charge in [0.25, 0.3) is 0 Å². The quantitative estimate of drug-likeness (QED) is 0.414. The average molecular weight is 318 g/mol. The Hall–Kier alpha value is -2.23. The largest absolute Gasteiger partial charge is 0.423 e. The van der Waals surface area contributed by atoms with Gasteiger partial charge in [-0.05, 0) is 37.5 Å². The Morgan fingerprint density at radius 3 is 2.22 bits per heavy atom. The molecule has 0 saturated heterocycles. The van der Waals surface area contributed by atoms with Crippen molar-refractivity contribution in [2.75, 3.05) is 0 Å². The van der Waals surface area contributed by atoms with Crippen molar-refractivity contribution in [2.24, 2.45) is 0 Å². The molecule has 0 heterocycles. The molecule has 0 aliphatic heterocycles. The number of benzene rings is 2. The van der Waals surface area contributed by atoms with Crippen LogP contribution in [0.3, 0.4) is 0 Å². The first-order valence-corrected chi connectivity index (χ1v) is 7.78. The molecule has 0 bridgehead atoms. The Labute approximate surface area is 135 Å². The SMILES string of the molecule is CCCCCc1ccc(C(=O)Oc2cc(F)c(C)c(F)c2)cc1. The highest BCUT2D eigenvalue weighted by molar-refractivity contribution is 5.91. The van der Waals surface area contributed by atoms with Gasteiger partial charge < -0.3 is 4.74 Å². The molecule has 122 valence electrons. The number of esters is 1. The second-order valence-corrected chi connectivity index (χ2v) is 5.56. The van der Waals surface area contributed by atoms with Crippen LogP contribution in [0.25, 0.3) is 0 Å². The first kappa shape index (κ1) is 17.1. The van der Waals surface area contributed by atoms with Crippen LogP contribution in [0.5, 0.6) is 5.75 Å². The molecule has 4 heteroatoms. The smallest absolute Gasteiger partial charge is 0.343 e. The topological polar surface area (TPSA) is 26.3 Å². The fraction of sp³-hybridized carbons (Fsp3) is 0.316. The van der Waals surface area contributed by atoms with Crippen molar-refractivity contribution < 1.29 is 18.3 Å². The maximum Gasteiger partial charge on any atom is 0.343 e. The van der Waals surface area contributed by atoms with Crippen molar-refractivity contribution in [3.05, 3.63) is 64.7 Å². The van der Waals surface area contributed by atoms with Gasteiger partial charge in [-0.15, -0.1) is 0 Å². The summed E-state index contributed by atoms with van der Waals surface area (Å²) in [6.07, 6.45) is 4.42. The molecular weight excluding hydrogens is 298 g/mol. The summed E-state index contributed by atoms with van der Waals surface area (Å²) in [7, 11) is 0. The van der Waals surface area contributed by atoms with E-state index in [-0.39, 0.29) is 11.3 Å². The van der Waals surface area contributed by atoms with E-state index in [1.807, 2.05) is 12.1 Å². The van der Waals surface area contributed by atoms with Gasteiger partial charge in [0, 0.05) is 17.7 Å². The highest BCUT2D eigenvalue weighted by Gasteiger charge is 2.12. The molecule has 2 rings (SSSR count). The first-order chi connectivity index (χ1) is 11.0. The minimum Gasteiger partial charge on any atom is -0.423 e. The van der Waals surface area contributed by atoms with Crippen LogP contribution >= 0.6 is 0 Å². The van der Waals surface area contributed by atoms with Gasteiger partial charge in [0.15, 0.2) is 0 Å². The van der Waals surface area contributed by atoms with Gasteiger partial charge in [-0.3, -0.25) is 0 Å². The molecule has 0 unspecified atom stereocenters. The summed E-state index contributed by atoms with van der Waals surface area (Å²) < 4.78 is 32.0. The van der Waals surface area contributed by atoms with Gasteiger partial charge in [0.1, 0.15) is 17.4 Å². The van der Waals surface area contributed by atoms with Crippen molar-refractivity contribution >= 4 is 5.97 Å². The van der Waals surface area contributed by atoms with E-state index < -0.39 is 17.6 Å². The molecule has 0 fully saturated rings. The number of carbonyl (C=O) groups is 1. The number of hydrogen-bond acceptors (Lipinski definition) is 2. The van der Waals surface area contributed by atoms with Crippen molar-refractivity contribution in [1.82, 2.24) is 0 Å². The standard InChI is InChI=1S/C19H20F2O2/c1-3-4-5-6-14-7-9-15(10-8-14)19(22)23-16-11-17(20)13(2)18(21)12-16/h7-12H,3-6H2,1-2H3. The lowest BCUT2D eigenvalue weighted by Gasteiger charge is -2.07. The second-order valence-electron chi connectivity index (χ2n) is 5.56. The van der Waals surface area contributed by atoms with Crippen LogP contribution in [0.1, 0.15) is 47.7 Å². The molecule has 0 aliphatic rings. The number of hydrogen-bond donors (Lipinski definition) is 0. The van der Waals surface area contributed by atoms with E-state index in [0.29, 0.717) is 5.56 Å². The van der Waals surface area contributed by atoms with Crippen molar-refractivity contribution in [1.29, 1.82) is 0 Å². The van der Waals surface area contributed by atoms with Gasteiger partial charge in [-0.25, -0.2) is 13.6 Å². The Balaban J connectivity index is 2.03. The zero-order chi connectivity index (χ0) is 16.8. The Kier molecular flexibility index (Phi) is 5.85. The molecule has 0 amide bonds. The molecule has 0 saturated carbocycles. The first-order valence-electron chi connectivity index (χ1n) is 7.78.